The maximum absolute atomic E-state index is 10.5. The highest BCUT2D eigenvalue weighted by atomic mass is 32.1. The highest BCUT2D eigenvalue weighted by molar-refractivity contribution is 7.71. The lowest BCUT2D eigenvalue weighted by molar-refractivity contribution is -0.137. The van der Waals surface area contributed by atoms with Gasteiger partial charge in [-0.15, -0.1) is 0 Å². The van der Waals surface area contributed by atoms with Gasteiger partial charge in [0, 0.05) is 13.1 Å². The highest BCUT2D eigenvalue weighted by Crippen LogP contribution is 2.14. The van der Waals surface area contributed by atoms with Crippen molar-refractivity contribution in [2.45, 2.75) is 19.6 Å². The lowest BCUT2D eigenvalue weighted by Crippen LogP contribution is -2.13. The molecule has 2 rings (SSSR count). The van der Waals surface area contributed by atoms with Crippen molar-refractivity contribution in [1.82, 2.24) is 14.9 Å². The van der Waals surface area contributed by atoms with Crippen LogP contribution in [0.25, 0.3) is 0 Å². The van der Waals surface area contributed by atoms with Gasteiger partial charge in [0.05, 0.1) is 11.4 Å². The van der Waals surface area contributed by atoms with Crippen molar-refractivity contribution in [2.24, 2.45) is 0 Å². The Kier molecular flexibility index (Phi) is 1.93. The predicted octanol–water partition coefficient (Wildman–Crippen LogP) is 0.233. The molecule has 1 aromatic rings. The van der Waals surface area contributed by atoms with Gasteiger partial charge in [-0.2, -0.15) is 0 Å². The van der Waals surface area contributed by atoms with E-state index in [1.165, 1.54) is 0 Å². The molecule has 1 aliphatic heterocycles. The zero-order chi connectivity index (χ0) is 9.42. The van der Waals surface area contributed by atoms with E-state index in [9.17, 15) is 4.79 Å². The van der Waals surface area contributed by atoms with Crippen LogP contribution in [-0.4, -0.2) is 20.6 Å². The molecule has 6 heteroatoms. The predicted molar refractivity (Wildman–Crippen MR) is 47.8 cm³/mol. The van der Waals surface area contributed by atoms with Crippen LogP contribution < -0.4 is 5.32 Å². The zero-order valence-corrected chi connectivity index (χ0v) is 7.65. The van der Waals surface area contributed by atoms with E-state index in [0.717, 1.165) is 17.9 Å². The minimum atomic E-state index is -0.871. The molecule has 0 unspecified atom stereocenters. The summed E-state index contributed by atoms with van der Waals surface area (Å²) in [5, 5.41) is 11.8. The monoisotopic (exact) mass is 199 g/mol. The van der Waals surface area contributed by atoms with Gasteiger partial charge < -0.3 is 20.0 Å². The Bertz CT molecular complexity index is 406. The van der Waals surface area contributed by atoms with Gasteiger partial charge in [0.25, 0.3) is 0 Å². The Hall–Kier alpha value is -1.14. The minimum Gasteiger partial charge on any atom is -0.480 e. The van der Waals surface area contributed by atoms with Crippen LogP contribution in [0.4, 0.5) is 0 Å². The average Bonchev–Trinajstić information content (AvgIpc) is 2.55. The Morgan fingerprint density at radius 1 is 1.62 bits per heavy atom. The smallest absolute Gasteiger partial charge is 0.323 e. The average molecular weight is 199 g/mol. The molecule has 0 radical (unpaired) electrons. The molecule has 1 aliphatic rings. The molecule has 0 fully saturated rings. The summed E-state index contributed by atoms with van der Waals surface area (Å²) >= 11 is 5.00. The second-order valence-corrected chi connectivity index (χ2v) is 3.33. The van der Waals surface area contributed by atoms with Gasteiger partial charge in [-0.05, 0) is 12.2 Å². The molecular formula is C7H9N3O2S. The molecule has 5 nitrogen and oxygen atoms in total. The molecule has 70 valence electrons. The molecular weight excluding hydrogens is 190 g/mol. The van der Waals surface area contributed by atoms with E-state index in [2.05, 4.69) is 10.3 Å². The van der Waals surface area contributed by atoms with Crippen LogP contribution in [0.2, 0.25) is 0 Å². The number of fused-ring (bicyclic) bond motifs is 1. The lowest BCUT2D eigenvalue weighted by Gasteiger charge is -2.01. The number of aliphatic carboxylic acids is 1. The van der Waals surface area contributed by atoms with Crippen molar-refractivity contribution < 1.29 is 9.90 Å². The fourth-order valence-electron chi connectivity index (χ4n) is 1.51. The SMILES string of the molecule is O=C(O)Cn1c2c([nH]c1=S)CNC2. The largest absolute Gasteiger partial charge is 0.480 e. The first kappa shape index (κ1) is 8.46. The number of aromatic nitrogens is 2. The molecule has 13 heavy (non-hydrogen) atoms. The van der Waals surface area contributed by atoms with E-state index in [0.29, 0.717) is 11.3 Å². The molecule has 3 N–H and O–H groups in total. The van der Waals surface area contributed by atoms with Gasteiger partial charge in [-0.1, -0.05) is 0 Å². The van der Waals surface area contributed by atoms with Crippen molar-refractivity contribution in [2.75, 3.05) is 0 Å². The quantitative estimate of drug-likeness (QED) is 0.596. The van der Waals surface area contributed by atoms with Crippen molar-refractivity contribution >= 4 is 18.2 Å². The van der Waals surface area contributed by atoms with Gasteiger partial charge in [0.2, 0.25) is 0 Å². The normalized spacial score (nSPS) is 14.5. The van der Waals surface area contributed by atoms with Gasteiger partial charge >= 0.3 is 5.97 Å². The van der Waals surface area contributed by atoms with Crippen LogP contribution in [0.15, 0.2) is 0 Å². The number of aromatic amines is 1. The third-order valence-electron chi connectivity index (χ3n) is 2.06. The summed E-state index contributed by atoms with van der Waals surface area (Å²) in [6, 6.07) is 0. The molecule has 0 amide bonds. The van der Waals surface area contributed by atoms with Crippen molar-refractivity contribution in [3.05, 3.63) is 16.2 Å². The fourth-order valence-corrected chi connectivity index (χ4v) is 1.81. The van der Waals surface area contributed by atoms with E-state index in [1.807, 2.05) is 0 Å². The summed E-state index contributed by atoms with van der Waals surface area (Å²) in [6.07, 6.45) is 0. The Labute approximate surface area is 79.4 Å². The van der Waals surface area contributed by atoms with Crippen LogP contribution >= 0.6 is 12.2 Å². The molecule has 0 spiro atoms. The van der Waals surface area contributed by atoms with Crippen LogP contribution in [0, 0.1) is 4.77 Å². The standard InChI is InChI=1S/C7H9N3O2S/c11-6(12)3-10-5-2-8-1-4(5)9-7(10)13/h8H,1-3H2,(H,9,13)(H,11,12). The Balaban J connectivity index is 2.44. The maximum atomic E-state index is 10.5. The number of nitrogens with zero attached hydrogens (tertiary/aromatic N) is 1. The molecule has 0 atom stereocenters. The van der Waals surface area contributed by atoms with E-state index in [-0.39, 0.29) is 6.54 Å². The van der Waals surface area contributed by atoms with Crippen molar-refractivity contribution in [3.63, 3.8) is 0 Å². The molecule has 2 heterocycles. The first-order valence-corrected chi connectivity index (χ1v) is 4.32. The van der Waals surface area contributed by atoms with E-state index in [1.54, 1.807) is 4.57 Å². The first-order chi connectivity index (χ1) is 6.18. The summed E-state index contributed by atoms with van der Waals surface area (Å²) in [4.78, 5) is 13.5. The second kappa shape index (κ2) is 2.97. The lowest BCUT2D eigenvalue weighted by atomic mass is 10.4. The van der Waals surface area contributed by atoms with E-state index in [4.69, 9.17) is 17.3 Å². The third-order valence-corrected chi connectivity index (χ3v) is 2.39. The third kappa shape index (κ3) is 1.38. The number of H-pyrrole nitrogens is 1. The minimum absolute atomic E-state index is 0.0631. The van der Waals surface area contributed by atoms with Crippen LogP contribution in [0.5, 0.6) is 0 Å². The Morgan fingerprint density at radius 2 is 2.38 bits per heavy atom. The van der Waals surface area contributed by atoms with E-state index < -0.39 is 5.97 Å². The van der Waals surface area contributed by atoms with E-state index >= 15 is 0 Å². The summed E-state index contributed by atoms with van der Waals surface area (Å²) in [6.45, 7) is 1.37. The number of hydrogen-bond donors (Lipinski definition) is 3. The van der Waals surface area contributed by atoms with Crippen molar-refractivity contribution in [1.29, 1.82) is 0 Å². The van der Waals surface area contributed by atoms with Gasteiger partial charge in [0.15, 0.2) is 4.77 Å². The highest BCUT2D eigenvalue weighted by Gasteiger charge is 2.17. The van der Waals surface area contributed by atoms with Gasteiger partial charge in [0.1, 0.15) is 6.54 Å². The fraction of sp³-hybridized carbons (Fsp3) is 0.429. The molecule has 0 aliphatic carbocycles. The molecule has 0 saturated carbocycles. The molecule has 0 bridgehead atoms. The molecule has 1 aromatic heterocycles. The number of carbonyl (C=O) groups is 1. The summed E-state index contributed by atoms with van der Waals surface area (Å²) in [5.41, 5.74) is 1.97. The first-order valence-electron chi connectivity index (χ1n) is 3.91. The van der Waals surface area contributed by atoms with Gasteiger partial charge in [-0.3, -0.25) is 4.79 Å². The van der Waals surface area contributed by atoms with Crippen molar-refractivity contribution in [3.8, 4) is 0 Å². The molecule has 0 saturated heterocycles. The van der Waals surface area contributed by atoms with Crippen LogP contribution in [0.3, 0.4) is 0 Å². The topological polar surface area (TPSA) is 70.0 Å². The summed E-state index contributed by atoms with van der Waals surface area (Å²) < 4.78 is 2.11. The number of rotatable bonds is 2. The number of imidazole rings is 1. The molecule has 0 aromatic carbocycles. The summed E-state index contributed by atoms with van der Waals surface area (Å²) in [5.74, 6) is -0.871. The van der Waals surface area contributed by atoms with Crippen LogP contribution in [0.1, 0.15) is 11.4 Å². The zero-order valence-electron chi connectivity index (χ0n) is 6.83. The maximum Gasteiger partial charge on any atom is 0.323 e. The van der Waals surface area contributed by atoms with Gasteiger partial charge in [-0.25, -0.2) is 0 Å². The van der Waals surface area contributed by atoms with Crippen LogP contribution in [-0.2, 0) is 24.4 Å². The summed E-state index contributed by atoms with van der Waals surface area (Å²) in [7, 11) is 0. The number of carboxylic acid groups (broad SMARTS) is 1. The number of hydrogen-bond acceptors (Lipinski definition) is 3. The number of carboxylic acids is 1. The Morgan fingerprint density at radius 3 is 3.08 bits per heavy atom. The number of nitrogens with one attached hydrogen (secondary N) is 2. The second-order valence-electron chi connectivity index (χ2n) is 2.94.